The molecule has 0 saturated carbocycles. The van der Waals surface area contributed by atoms with Crippen LogP contribution in [0.1, 0.15) is 50.8 Å². The number of hydrogen-bond acceptors (Lipinski definition) is 3. The number of methoxy groups -OCH3 is 3. The highest BCUT2D eigenvalue weighted by atomic mass is 16.5. The van der Waals surface area contributed by atoms with Crippen LogP contribution in [0.4, 0.5) is 0 Å². The second-order valence-electron chi connectivity index (χ2n) is 9.49. The fourth-order valence-electron chi connectivity index (χ4n) is 4.69. The predicted octanol–water partition coefficient (Wildman–Crippen LogP) is 7.44. The molecule has 3 aromatic rings. The molecular weight excluding hydrogens is 408 g/mol. The molecule has 0 radical (unpaired) electrons. The van der Waals surface area contributed by atoms with E-state index >= 15 is 0 Å². The van der Waals surface area contributed by atoms with Gasteiger partial charge in [-0.1, -0.05) is 63.2 Å². The van der Waals surface area contributed by atoms with E-state index in [1.165, 1.54) is 22.3 Å². The zero-order chi connectivity index (χ0) is 24.1. The molecule has 1 atom stereocenters. The quantitative estimate of drug-likeness (QED) is 0.343. The van der Waals surface area contributed by atoms with E-state index in [2.05, 4.69) is 70.2 Å². The van der Waals surface area contributed by atoms with E-state index in [-0.39, 0.29) is 10.8 Å². The number of benzene rings is 3. The van der Waals surface area contributed by atoms with Crippen LogP contribution in [-0.4, -0.2) is 21.3 Å². The molecule has 3 nitrogen and oxygen atoms in total. The highest BCUT2D eigenvalue weighted by molar-refractivity contribution is 5.66. The van der Waals surface area contributed by atoms with E-state index in [4.69, 9.17) is 14.2 Å². The third-order valence-corrected chi connectivity index (χ3v) is 6.51. The molecule has 0 amide bonds. The van der Waals surface area contributed by atoms with E-state index in [0.717, 1.165) is 23.7 Å². The first-order chi connectivity index (χ1) is 15.7. The van der Waals surface area contributed by atoms with Crippen molar-refractivity contribution in [1.82, 2.24) is 0 Å². The van der Waals surface area contributed by atoms with Crippen LogP contribution in [0.3, 0.4) is 0 Å². The maximum Gasteiger partial charge on any atom is 0.118 e. The van der Waals surface area contributed by atoms with Gasteiger partial charge < -0.3 is 14.2 Å². The molecule has 174 valence electrons. The normalized spacial score (nSPS) is 13.8. The Kier molecular flexibility index (Phi) is 7.53. The van der Waals surface area contributed by atoms with Gasteiger partial charge in [0.25, 0.3) is 0 Å². The standard InChI is InChI=1S/C30H36O3/c1-22(23-8-14-26(31-5)15-9-23)20-30(4,25-12-18-28(33-7)19-13-25)21-29(2,3)24-10-16-27(32-6)17-11-24/h8-20H,21H2,1-7H3/b22-20-/t30-/m1/s1. The van der Waals surface area contributed by atoms with Crippen molar-refractivity contribution < 1.29 is 14.2 Å². The predicted molar refractivity (Wildman–Crippen MR) is 138 cm³/mol. The summed E-state index contributed by atoms with van der Waals surface area (Å²) in [6.45, 7) is 9.14. The summed E-state index contributed by atoms with van der Waals surface area (Å²) in [6.07, 6.45) is 3.34. The lowest BCUT2D eigenvalue weighted by atomic mass is 9.67. The Balaban J connectivity index is 2.03. The Morgan fingerprint density at radius 2 is 1.03 bits per heavy atom. The fourth-order valence-corrected chi connectivity index (χ4v) is 4.69. The minimum atomic E-state index is -0.195. The van der Waals surface area contributed by atoms with Crippen LogP contribution in [0.15, 0.2) is 78.9 Å². The highest BCUT2D eigenvalue weighted by Gasteiger charge is 2.34. The first-order valence-electron chi connectivity index (χ1n) is 11.3. The second-order valence-corrected chi connectivity index (χ2v) is 9.49. The van der Waals surface area contributed by atoms with Crippen molar-refractivity contribution in [2.75, 3.05) is 21.3 Å². The Hall–Kier alpha value is -3.20. The maximum absolute atomic E-state index is 5.41. The zero-order valence-corrected chi connectivity index (χ0v) is 20.9. The van der Waals surface area contributed by atoms with Gasteiger partial charge in [0.2, 0.25) is 0 Å². The number of rotatable bonds is 9. The molecule has 0 heterocycles. The first-order valence-corrected chi connectivity index (χ1v) is 11.3. The van der Waals surface area contributed by atoms with E-state index in [0.29, 0.717) is 0 Å². The minimum Gasteiger partial charge on any atom is -0.497 e. The molecule has 3 heteroatoms. The SMILES string of the molecule is COc1ccc(/C(C)=C\[C@](C)(CC(C)(C)c2ccc(OC)cc2)c2ccc(OC)cc2)cc1. The van der Waals surface area contributed by atoms with Crippen LogP contribution in [-0.2, 0) is 10.8 Å². The van der Waals surface area contributed by atoms with Gasteiger partial charge in [-0.05, 0) is 77.4 Å². The molecule has 3 aromatic carbocycles. The lowest BCUT2D eigenvalue weighted by Crippen LogP contribution is -2.31. The van der Waals surface area contributed by atoms with Gasteiger partial charge in [0, 0.05) is 5.41 Å². The molecule has 0 spiro atoms. The molecule has 0 unspecified atom stereocenters. The smallest absolute Gasteiger partial charge is 0.118 e. The third kappa shape index (κ3) is 5.78. The third-order valence-electron chi connectivity index (χ3n) is 6.51. The number of allylic oxidation sites excluding steroid dienone is 2. The van der Waals surface area contributed by atoms with Crippen LogP contribution in [0.5, 0.6) is 17.2 Å². The van der Waals surface area contributed by atoms with Gasteiger partial charge in [0.15, 0.2) is 0 Å². The van der Waals surface area contributed by atoms with Crippen LogP contribution < -0.4 is 14.2 Å². The maximum atomic E-state index is 5.41. The van der Waals surface area contributed by atoms with Gasteiger partial charge in [-0.15, -0.1) is 0 Å². The molecule has 0 aliphatic rings. The van der Waals surface area contributed by atoms with E-state index < -0.39 is 0 Å². The summed E-state index contributed by atoms with van der Waals surface area (Å²) in [5.74, 6) is 2.61. The van der Waals surface area contributed by atoms with Crippen LogP contribution in [0, 0.1) is 0 Å². The molecule has 0 aliphatic carbocycles. The summed E-state index contributed by atoms with van der Waals surface area (Å²) in [5, 5.41) is 0. The first kappa shape index (κ1) is 24.4. The van der Waals surface area contributed by atoms with E-state index in [1.807, 2.05) is 36.4 Å². The summed E-state index contributed by atoms with van der Waals surface area (Å²) in [4.78, 5) is 0. The molecule has 0 bridgehead atoms. The van der Waals surface area contributed by atoms with Crippen molar-refractivity contribution in [3.8, 4) is 17.2 Å². The van der Waals surface area contributed by atoms with E-state index in [1.54, 1.807) is 21.3 Å². The van der Waals surface area contributed by atoms with E-state index in [9.17, 15) is 0 Å². The van der Waals surface area contributed by atoms with Crippen molar-refractivity contribution in [2.24, 2.45) is 0 Å². The van der Waals surface area contributed by atoms with Crippen molar-refractivity contribution in [2.45, 2.75) is 44.9 Å². The van der Waals surface area contributed by atoms with Gasteiger partial charge in [-0.25, -0.2) is 0 Å². The molecule has 0 aromatic heterocycles. The Labute approximate surface area is 199 Å². The number of hydrogen-bond donors (Lipinski definition) is 0. The Morgan fingerprint density at radius 1 is 0.636 bits per heavy atom. The Morgan fingerprint density at radius 3 is 1.45 bits per heavy atom. The average molecular weight is 445 g/mol. The summed E-state index contributed by atoms with van der Waals surface area (Å²) >= 11 is 0. The van der Waals surface area contributed by atoms with Crippen molar-refractivity contribution in [3.05, 3.63) is 95.6 Å². The van der Waals surface area contributed by atoms with Crippen molar-refractivity contribution in [3.63, 3.8) is 0 Å². The highest BCUT2D eigenvalue weighted by Crippen LogP contribution is 2.42. The summed E-state index contributed by atoms with van der Waals surface area (Å²) in [7, 11) is 5.10. The van der Waals surface area contributed by atoms with Gasteiger partial charge in [-0.3, -0.25) is 0 Å². The summed E-state index contributed by atoms with van der Waals surface area (Å²) in [6, 6.07) is 25.1. The average Bonchev–Trinajstić information content (AvgIpc) is 2.83. The lowest BCUT2D eigenvalue weighted by molar-refractivity contribution is 0.377. The molecule has 0 fully saturated rings. The topological polar surface area (TPSA) is 27.7 Å². The second kappa shape index (κ2) is 10.2. The molecule has 0 N–H and O–H groups in total. The van der Waals surface area contributed by atoms with Crippen molar-refractivity contribution in [1.29, 1.82) is 0 Å². The fraction of sp³-hybridized carbons (Fsp3) is 0.333. The molecule has 3 rings (SSSR count). The van der Waals surface area contributed by atoms with Gasteiger partial charge in [0.05, 0.1) is 21.3 Å². The van der Waals surface area contributed by atoms with Gasteiger partial charge in [0.1, 0.15) is 17.2 Å². The molecular formula is C30H36O3. The summed E-state index contributed by atoms with van der Waals surface area (Å²) < 4.78 is 16.1. The van der Waals surface area contributed by atoms with Crippen LogP contribution in [0.2, 0.25) is 0 Å². The number of ether oxygens (including phenoxy) is 3. The van der Waals surface area contributed by atoms with Crippen molar-refractivity contribution >= 4 is 5.57 Å². The minimum absolute atomic E-state index is 0.0579. The van der Waals surface area contributed by atoms with Crippen LogP contribution >= 0.6 is 0 Å². The zero-order valence-electron chi connectivity index (χ0n) is 20.9. The monoisotopic (exact) mass is 444 g/mol. The van der Waals surface area contributed by atoms with Gasteiger partial charge >= 0.3 is 0 Å². The molecule has 33 heavy (non-hydrogen) atoms. The van der Waals surface area contributed by atoms with Crippen LogP contribution in [0.25, 0.3) is 5.57 Å². The molecule has 0 saturated heterocycles. The summed E-state index contributed by atoms with van der Waals surface area (Å²) in [5.41, 5.74) is 4.73. The van der Waals surface area contributed by atoms with Gasteiger partial charge in [-0.2, -0.15) is 0 Å². The lowest BCUT2D eigenvalue weighted by Gasteiger charge is -2.37. The molecule has 0 aliphatic heterocycles. The largest absolute Gasteiger partial charge is 0.497 e. The Bertz CT molecular complexity index is 1060.